The number of aromatic nitrogens is 1. The van der Waals surface area contributed by atoms with Crippen LogP contribution in [0.5, 0.6) is 5.75 Å². The van der Waals surface area contributed by atoms with Crippen LogP contribution >= 0.6 is 39.3 Å². The molecule has 0 spiro atoms. The third-order valence-electron chi connectivity index (χ3n) is 5.39. The first kappa shape index (κ1) is 22.8. The third kappa shape index (κ3) is 4.51. The largest absolute Gasteiger partial charge is 0.492 e. The molecule has 1 aliphatic heterocycles. The van der Waals surface area contributed by atoms with Gasteiger partial charge in [-0.1, -0.05) is 57.9 Å². The lowest BCUT2D eigenvalue weighted by atomic mass is 10.1. The number of imide groups is 1. The summed E-state index contributed by atoms with van der Waals surface area (Å²) in [7, 11) is 0. The molecule has 0 radical (unpaired) electrons. The second kappa shape index (κ2) is 9.70. The Kier molecular flexibility index (Phi) is 6.50. The number of hydrogen-bond acceptors (Lipinski definition) is 4. The quantitative estimate of drug-likeness (QED) is 0.234. The van der Waals surface area contributed by atoms with Crippen molar-refractivity contribution in [2.24, 2.45) is 0 Å². The summed E-state index contributed by atoms with van der Waals surface area (Å²) in [5.74, 6) is 0.432. The first-order chi connectivity index (χ1) is 16.5. The first-order valence-corrected chi connectivity index (χ1v) is 12.5. The molecule has 1 aliphatic rings. The molecular weight excluding hydrogens is 536 g/mol. The molecular formula is C26H18BrClN2O3S. The molecule has 8 heteroatoms. The second-order valence-corrected chi connectivity index (χ2v) is 9.89. The number of carbonyl (C=O) groups is 2. The monoisotopic (exact) mass is 552 g/mol. The lowest BCUT2D eigenvalue weighted by Gasteiger charge is -2.13. The van der Waals surface area contributed by atoms with Crippen molar-refractivity contribution in [2.75, 3.05) is 11.5 Å². The summed E-state index contributed by atoms with van der Waals surface area (Å²) in [6.45, 7) is 1.12. The summed E-state index contributed by atoms with van der Waals surface area (Å²) in [5.41, 5.74) is 2.25. The number of para-hydroxylation sites is 2. The van der Waals surface area contributed by atoms with Crippen molar-refractivity contribution in [3.63, 3.8) is 0 Å². The van der Waals surface area contributed by atoms with Crippen molar-refractivity contribution in [3.05, 3.63) is 99.0 Å². The van der Waals surface area contributed by atoms with Gasteiger partial charge in [0.2, 0.25) is 0 Å². The molecule has 0 unspecified atom stereocenters. The van der Waals surface area contributed by atoms with Crippen LogP contribution in [-0.4, -0.2) is 22.3 Å². The lowest BCUT2D eigenvalue weighted by molar-refractivity contribution is -0.113. The molecule has 2 heterocycles. The fraction of sp³-hybridized carbons (Fsp3) is 0.0769. The van der Waals surface area contributed by atoms with Crippen molar-refractivity contribution in [2.45, 2.75) is 6.54 Å². The highest BCUT2D eigenvalue weighted by Crippen LogP contribution is 2.39. The first-order valence-electron chi connectivity index (χ1n) is 10.5. The molecule has 4 aromatic rings. The molecule has 5 rings (SSSR count). The number of nitrogens with zero attached hydrogens (tertiary/aromatic N) is 2. The Bertz CT molecular complexity index is 1430. The molecule has 3 aromatic carbocycles. The Balaban J connectivity index is 1.45. The van der Waals surface area contributed by atoms with Crippen LogP contribution in [0.25, 0.3) is 17.0 Å². The Hall–Kier alpha value is -3.00. The van der Waals surface area contributed by atoms with Crippen molar-refractivity contribution >= 4 is 73.1 Å². The Morgan fingerprint density at radius 3 is 2.56 bits per heavy atom. The topological polar surface area (TPSA) is 51.5 Å². The number of amides is 2. The van der Waals surface area contributed by atoms with Gasteiger partial charge in [-0.2, -0.15) is 0 Å². The highest BCUT2D eigenvalue weighted by molar-refractivity contribution is 9.10. The molecule has 0 atom stereocenters. The normalized spacial score (nSPS) is 15.0. The van der Waals surface area contributed by atoms with E-state index in [9.17, 15) is 9.59 Å². The lowest BCUT2D eigenvalue weighted by Crippen LogP contribution is -2.27. The average molecular weight is 554 g/mol. The number of fused-ring (bicyclic) bond motifs is 1. The number of anilines is 1. The number of rotatable bonds is 6. The van der Waals surface area contributed by atoms with Gasteiger partial charge in [-0.05, 0) is 60.3 Å². The van der Waals surface area contributed by atoms with Gasteiger partial charge >= 0.3 is 0 Å². The van der Waals surface area contributed by atoms with Crippen molar-refractivity contribution in [1.82, 2.24) is 4.57 Å². The van der Waals surface area contributed by atoms with Gasteiger partial charge in [0.15, 0.2) is 0 Å². The SMILES string of the molecule is O=C1S/C(=C\c2cn(CCOc3ccccc3)c3ccc(Br)cc23)C(=O)N1c1ccccc1Cl. The van der Waals surface area contributed by atoms with Gasteiger partial charge in [-0.15, -0.1) is 0 Å². The number of thioether (sulfide) groups is 1. The molecule has 0 saturated carbocycles. The maximum absolute atomic E-state index is 13.1. The van der Waals surface area contributed by atoms with E-state index in [1.165, 1.54) is 0 Å². The molecule has 0 N–H and O–H groups in total. The maximum atomic E-state index is 13.1. The number of halogens is 2. The maximum Gasteiger partial charge on any atom is 0.298 e. The van der Waals surface area contributed by atoms with Gasteiger partial charge in [-0.3, -0.25) is 9.59 Å². The minimum Gasteiger partial charge on any atom is -0.492 e. The van der Waals surface area contributed by atoms with E-state index in [1.54, 1.807) is 30.3 Å². The van der Waals surface area contributed by atoms with Crippen LogP contribution in [0.15, 0.2) is 88.4 Å². The second-order valence-electron chi connectivity index (χ2n) is 7.57. The fourth-order valence-electron chi connectivity index (χ4n) is 3.83. The summed E-state index contributed by atoms with van der Waals surface area (Å²) in [5, 5.41) is 0.953. The van der Waals surface area contributed by atoms with Crippen LogP contribution in [0.1, 0.15) is 5.56 Å². The Morgan fingerprint density at radius 1 is 1.00 bits per heavy atom. The van der Waals surface area contributed by atoms with Gasteiger partial charge in [0, 0.05) is 27.1 Å². The molecule has 0 bridgehead atoms. The third-order valence-corrected chi connectivity index (χ3v) is 7.07. The minimum absolute atomic E-state index is 0.351. The summed E-state index contributed by atoms with van der Waals surface area (Å²) in [6.07, 6.45) is 3.75. The van der Waals surface area contributed by atoms with Crippen LogP contribution < -0.4 is 9.64 Å². The predicted octanol–water partition coefficient (Wildman–Crippen LogP) is 7.38. The van der Waals surface area contributed by atoms with E-state index in [0.29, 0.717) is 28.8 Å². The molecule has 1 fully saturated rings. The standard InChI is InChI=1S/C26H18BrClN2O3S/c27-18-10-11-22-20(15-18)17(16-29(22)12-13-33-19-6-2-1-3-7-19)14-24-25(31)30(26(32)34-24)23-9-5-4-8-21(23)28/h1-11,14-16H,12-13H2/b24-14-. The smallest absolute Gasteiger partial charge is 0.298 e. The molecule has 1 saturated heterocycles. The number of ether oxygens (including phenoxy) is 1. The van der Waals surface area contributed by atoms with Crippen LogP contribution in [0, 0.1) is 0 Å². The zero-order valence-corrected chi connectivity index (χ0v) is 20.9. The average Bonchev–Trinajstić information content (AvgIpc) is 3.31. The molecule has 5 nitrogen and oxygen atoms in total. The van der Waals surface area contributed by atoms with Gasteiger partial charge in [0.05, 0.1) is 22.2 Å². The van der Waals surface area contributed by atoms with E-state index in [4.69, 9.17) is 16.3 Å². The van der Waals surface area contributed by atoms with Crippen LogP contribution in [0.4, 0.5) is 10.5 Å². The van der Waals surface area contributed by atoms with Crippen molar-refractivity contribution < 1.29 is 14.3 Å². The zero-order chi connectivity index (χ0) is 23.7. The Morgan fingerprint density at radius 2 is 1.76 bits per heavy atom. The van der Waals surface area contributed by atoms with Gasteiger partial charge < -0.3 is 9.30 Å². The summed E-state index contributed by atoms with van der Waals surface area (Å²) in [6, 6.07) is 22.5. The van der Waals surface area contributed by atoms with Crippen LogP contribution in [0.3, 0.4) is 0 Å². The zero-order valence-electron chi connectivity index (χ0n) is 17.8. The van der Waals surface area contributed by atoms with E-state index in [-0.39, 0.29) is 11.1 Å². The van der Waals surface area contributed by atoms with E-state index >= 15 is 0 Å². The predicted molar refractivity (Wildman–Crippen MR) is 141 cm³/mol. The molecule has 34 heavy (non-hydrogen) atoms. The van der Waals surface area contributed by atoms with Crippen molar-refractivity contribution in [1.29, 1.82) is 0 Å². The van der Waals surface area contributed by atoms with Gasteiger partial charge in [0.1, 0.15) is 12.4 Å². The molecule has 2 amide bonds. The molecule has 1 aromatic heterocycles. The molecule has 0 aliphatic carbocycles. The van der Waals surface area contributed by atoms with E-state index in [2.05, 4.69) is 20.5 Å². The van der Waals surface area contributed by atoms with E-state index in [1.807, 2.05) is 54.7 Å². The van der Waals surface area contributed by atoms with E-state index in [0.717, 1.165) is 43.4 Å². The van der Waals surface area contributed by atoms with E-state index < -0.39 is 0 Å². The number of carbonyl (C=O) groups excluding carboxylic acids is 2. The van der Waals surface area contributed by atoms with Crippen molar-refractivity contribution in [3.8, 4) is 5.75 Å². The number of benzene rings is 3. The van der Waals surface area contributed by atoms with Crippen LogP contribution in [0.2, 0.25) is 5.02 Å². The minimum atomic E-state index is -0.383. The number of hydrogen-bond donors (Lipinski definition) is 0. The fourth-order valence-corrected chi connectivity index (χ4v) is 5.23. The highest BCUT2D eigenvalue weighted by Gasteiger charge is 2.37. The van der Waals surface area contributed by atoms with Gasteiger partial charge in [-0.25, -0.2) is 4.90 Å². The summed E-state index contributed by atoms with van der Waals surface area (Å²) in [4.78, 5) is 27.3. The Labute approximate surface area is 214 Å². The summed E-state index contributed by atoms with van der Waals surface area (Å²) >= 11 is 10.7. The highest BCUT2D eigenvalue weighted by atomic mass is 79.9. The van der Waals surface area contributed by atoms with Crippen LogP contribution in [-0.2, 0) is 11.3 Å². The summed E-state index contributed by atoms with van der Waals surface area (Å²) < 4.78 is 8.88. The van der Waals surface area contributed by atoms with Gasteiger partial charge in [0.25, 0.3) is 11.1 Å². The molecule has 170 valence electrons.